The molecule has 124 valence electrons. The van der Waals surface area contributed by atoms with Gasteiger partial charge in [-0.2, -0.15) is 0 Å². The summed E-state index contributed by atoms with van der Waals surface area (Å²) in [7, 11) is 0. The molecule has 0 atom stereocenters. The highest BCUT2D eigenvalue weighted by Gasteiger charge is 2.18. The van der Waals surface area contributed by atoms with Crippen LogP contribution in [0.3, 0.4) is 0 Å². The van der Waals surface area contributed by atoms with Gasteiger partial charge in [0.25, 0.3) is 5.91 Å². The number of hydrogen-bond acceptors (Lipinski definition) is 7. The minimum atomic E-state index is -0.659. The van der Waals surface area contributed by atoms with Crippen molar-refractivity contribution in [3.8, 4) is 11.5 Å². The molecule has 24 heavy (non-hydrogen) atoms. The van der Waals surface area contributed by atoms with Gasteiger partial charge in [-0.05, 0) is 12.5 Å². The molecule has 0 unspecified atom stereocenters. The zero-order valence-electron chi connectivity index (χ0n) is 12.4. The van der Waals surface area contributed by atoms with Crippen molar-refractivity contribution in [2.75, 3.05) is 6.54 Å². The van der Waals surface area contributed by atoms with Gasteiger partial charge in [-0.15, -0.1) is 0 Å². The van der Waals surface area contributed by atoms with Crippen molar-refractivity contribution in [2.24, 2.45) is 0 Å². The normalized spacial score (nSPS) is 10.7. The lowest BCUT2D eigenvalue weighted by molar-refractivity contribution is -0.401. The van der Waals surface area contributed by atoms with Gasteiger partial charge in [-0.25, -0.2) is 4.98 Å². The first-order valence-corrected chi connectivity index (χ1v) is 7.09. The van der Waals surface area contributed by atoms with Crippen LogP contribution >= 0.6 is 0 Å². The van der Waals surface area contributed by atoms with Crippen molar-refractivity contribution >= 4 is 11.8 Å². The molecule has 0 spiro atoms. The number of amides is 1. The summed E-state index contributed by atoms with van der Waals surface area (Å²) in [6.07, 6.45) is 5.97. The number of carbonyl (C=O) groups is 1. The minimum absolute atomic E-state index is 0.0756. The third kappa shape index (κ3) is 3.48. The van der Waals surface area contributed by atoms with E-state index in [1.165, 1.54) is 18.2 Å². The minimum Gasteiger partial charge on any atom is -0.397 e. The van der Waals surface area contributed by atoms with Crippen LogP contribution in [0.5, 0.6) is 0 Å². The molecule has 10 nitrogen and oxygen atoms in total. The molecule has 3 aromatic heterocycles. The molecular formula is C14H13N5O5. The highest BCUT2D eigenvalue weighted by atomic mass is 16.6. The fourth-order valence-electron chi connectivity index (χ4n) is 2.03. The van der Waals surface area contributed by atoms with Crippen molar-refractivity contribution in [2.45, 2.75) is 13.0 Å². The molecule has 3 heterocycles. The van der Waals surface area contributed by atoms with Crippen LogP contribution < -0.4 is 5.32 Å². The molecule has 0 aliphatic rings. The number of nitro groups is 1. The Labute approximate surface area is 135 Å². The van der Waals surface area contributed by atoms with Crippen LogP contribution in [0.15, 0.2) is 45.9 Å². The Morgan fingerprint density at radius 2 is 2.25 bits per heavy atom. The van der Waals surface area contributed by atoms with Crippen LogP contribution in [-0.2, 0) is 6.54 Å². The van der Waals surface area contributed by atoms with Gasteiger partial charge in [-0.1, -0.05) is 5.16 Å². The SMILES string of the molecule is O=C(NCCCn1ccnc1)c1cc(-c2ccc([N+](=O)[O-])o2)on1. The molecule has 0 saturated carbocycles. The Bertz CT molecular complexity index is 835. The van der Waals surface area contributed by atoms with E-state index in [9.17, 15) is 14.9 Å². The summed E-state index contributed by atoms with van der Waals surface area (Å²) in [5.41, 5.74) is 0.0756. The summed E-state index contributed by atoms with van der Waals surface area (Å²) in [4.78, 5) is 25.8. The fourth-order valence-corrected chi connectivity index (χ4v) is 2.03. The van der Waals surface area contributed by atoms with Crippen LogP contribution in [0.4, 0.5) is 5.88 Å². The summed E-state index contributed by atoms with van der Waals surface area (Å²) < 4.78 is 11.9. The van der Waals surface area contributed by atoms with Crippen molar-refractivity contribution in [1.29, 1.82) is 0 Å². The summed E-state index contributed by atoms with van der Waals surface area (Å²) in [5.74, 6) is -0.524. The molecule has 0 aliphatic heterocycles. The second kappa shape index (κ2) is 6.77. The summed E-state index contributed by atoms with van der Waals surface area (Å²) in [6, 6.07) is 3.95. The number of rotatable bonds is 7. The maximum Gasteiger partial charge on any atom is 0.433 e. The van der Waals surface area contributed by atoms with Gasteiger partial charge in [0, 0.05) is 31.5 Å². The summed E-state index contributed by atoms with van der Waals surface area (Å²) in [5, 5.41) is 16.9. The fraction of sp³-hybridized carbons (Fsp3) is 0.214. The van der Waals surface area contributed by atoms with Gasteiger partial charge in [0.15, 0.2) is 11.5 Å². The second-order valence-electron chi connectivity index (χ2n) is 4.88. The zero-order chi connectivity index (χ0) is 16.9. The quantitative estimate of drug-likeness (QED) is 0.397. The van der Waals surface area contributed by atoms with E-state index in [4.69, 9.17) is 8.94 Å². The van der Waals surface area contributed by atoms with Crippen molar-refractivity contribution < 1.29 is 18.7 Å². The summed E-state index contributed by atoms with van der Waals surface area (Å²) in [6.45, 7) is 1.20. The van der Waals surface area contributed by atoms with Gasteiger partial charge >= 0.3 is 5.88 Å². The lowest BCUT2D eigenvalue weighted by Gasteiger charge is -2.03. The third-order valence-corrected chi connectivity index (χ3v) is 3.20. The molecule has 3 rings (SSSR count). The average molecular weight is 331 g/mol. The second-order valence-corrected chi connectivity index (χ2v) is 4.88. The molecule has 10 heteroatoms. The number of hydrogen-bond donors (Lipinski definition) is 1. The van der Waals surface area contributed by atoms with Gasteiger partial charge in [-0.3, -0.25) is 14.9 Å². The maximum atomic E-state index is 12.0. The number of imidazole rings is 1. The van der Waals surface area contributed by atoms with Crippen LogP contribution in [0, 0.1) is 10.1 Å². The molecule has 0 saturated heterocycles. The highest BCUT2D eigenvalue weighted by molar-refractivity contribution is 5.92. The number of nitrogens with zero attached hydrogens (tertiary/aromatic N) is 4. The molecule has 1 amide bonds. The monoisotopic (exact) mass is 331 g/mol. The van der Waals surface area contributed by atoms with E-state index in [1.54, 1.807) is 12.5 Å². The van der Waals surface area contributed by atoms with Crippen LogP contribution in [0.25, 0.3) is 11.5 Å². The number of nitrogens with one attached hydrogen (secondary N) is 1. The lowest BCUT2D eigenvalue weighted by atomic mass is 10.3. The molecule has 0 aromatic carbocycles. The number of aromatic nitrogens is 3. The smallest absolute Gasteiger partial charge is 0.397 e. The molecule has 0 fully saturated rings. The molecule has 0 aliphatic carbocycles. The van der Waals surface area contributed by atoms with Gasteiger partial charge in [0.1, 0.15) is 4.92 Å². The van der Waals surface area contributed by atoms with Gasteiger partial charge in [0.05, 0.1) is 12.4 Å². The molecule has 1 N–H and O–H groups in total. The molecular weight excluding hydrogens is 318 g/mol. The topological polar surface area (TPSA) is 129 Å². The van der Waals surface area contributed by atoms with E-state index in [0.29, 0.717) is 6.54 Å². The predicted molar refractivity (Wildman–Crippen MR) is 80.0 cm³/mol. The van der Waals surface area contributed by atoms with Crippen LogP contribution in [-0.4, -0.2) is 32.1 Å². The number of carbonyl (C=O) groups excluding carboxylic acids is 1. The van der Waals surface area contributed by atoms with Gasteiger partial charge < -0.3 is 18.8 Å². The Kier molecular flexibility index (Phi) is 4.36. The molecule has 3 aromatic rings. The molecule has 0 bridgehead atoms. The number of furan rings is 1. The summed E-state index contributed by atoms with van der Waals surface area (Å²) >= 11 is 0. The Morgan fingerprint density at radius 3 is 2.96 bits per heavy atom. The van der Waals surface area contributed by atoms with Gasteiger partial charge in [0.2, 0.25) is 5.76 Å². The number of aryl methyl sites for hydroxylation is 1. The van der Waals surface area contributed by atoms with Crippen molar-refractivity contribution in [3.05, 3.63) is 52.7 Å². The van der Waals surface area contributed by atoms with E-state index in [1.807, 2.05) is 10.8 Å². The Balaban J connectivity index is 1.54. The Morgan fingerprint density at radius 1 is 1.38 bits per heavy atom. The standard InChI is InChI=1S/C14H13N5O5/c20-14(16-4-1-6-18-7-5-15-9-18)10-8-12(24-17-10)11-2-3-13(23-11)19(21)22/h2-3,5,7-9H,1,4,6H2,(H,16,20). The van der Waals surface area contributed by atoms with E-state index in [0.717, 1.165) is 13.0 Å². The van der Waals surface area contributed by atoms with Crippen LogP contribution in [0.1, 0.15) is 16.9 Å². The maximum absolute atomic E-state index is 12.0. The van der Waals surface area contributed by atoms with Crippen LogP contribution in [0.2, 0.25) is 0 Å². The van der Waals surface area contributed by atoms with Crippen molar-refractivity contribution in [3.63, 3.8) is 0 Å². The van der Waals surface area contributed by atoms with E-state index < -0.39 is 16.7 Å². The predicted octanol–water partition coefficient (Wildman–Crippen LogP) is 1.86. The molecule has 0 radical (unpaired) electrons. The lowest BCUT2D eigenvalue weighted by Crippen LogP contribution is -2.25. The highest BCUT2D eigenvalue weighted by Crippen LogP contribution is 2.26. The van der Waals surface area contributed by atoms with E-state index in [-0.39, 0.29) is 17.2 Å². The third-order valence-electron chi connectivity index (χ3n) is 3.20. The zero-order valence-corrected chi connectivity index (χ0v) is 12.4. The largest absolute Gasteiger partial charge is 0.433 e. The average Bonchev–Trinajstić information content (AvgIpc) is 3.32. The van der Waals surface area contributed by atoms with Crippen molar-refractivity contribution in [1.82, 2.24) is 20.0 Å². The first kappa shape index (κ1) is 15.5. The van der Waals surface area contributed by atoms with E-state index >= 15 is 0 Å². The first-order valence-electron chi connectivity index (χ1n) is 7.09. The van der Waals surface area contributed by atoms with E-state index in [2.05, 4.69) is 15.5 Å². The Hall–Kier alpha value is -3.43. The first-order chi connectivity index (χ1) is 11.6.